The topological polar surface area (TPSA) is 227 Å². The molecule has 288 valence electrons. The van der Waals surface area contributed by atoms with Crippen LogP contribution in [0.1, 0.15) is 39.6 Å². The van der Waals surface area contributed by atoms with Crippen molar-refractivity contribution in [2.24, 2.45) is 0 Å². The van der Waals surface area contributed by atoms with Crippen LogP contribution in [-0.2, 0) is 50.8 Å². The summed E-state index contributed by atoms with van der Waals surface area (Å²) in [5.74, 6) is -2.15. The highest BCUT2D eigenvalue weighted by atomic mass is 31.1. The predicted octanol–water partition coefficient (Wildman–Crippen LogP) is 1.82. The summed E-state index contributed by atoms with van der Waals surface area (Å²) in [6, 6.07) is 8.95. The van der Waals surface area contributed by atoms with E-state index in [1.165, 1.54) is 37.4 Å². The van der Waals surface area contributed by atoms with Gasteiger partial charge in [-0.15, -0.1) is 0 Å². The highest BCUT2D eigenvalue weighted by Gasteiger charge is 2.55. The predicted molar refractivity (Wildman–Crippen MR) is 184 cm³/mol. The number of alkyl carbamates (subject to hydrolysis) is 1. The molecule has 18 nitrogen and oxygen atoms in total. The lowest BCUT2D eigenvalue weighted by Gasteiger charge is -2.30. The lowest BCUT2D eigenvalue weighted by atomic mass is 9.98. The molecule has 3 aromatic rings. The Morgan fingerprint density at radius 2 is 1.81 bits per heavy atom. The molecule has 7 atom stereocenters. The number of alkyl halides is 1. The van der Waals surface area contributed by atoms with Gasteiger partial charge in [0.25, 0.3) is 13.7 Å². The number of nitrogens with one attached hydrogen (secondary N) is 1. The summed E-state index contributed by atoms with van der Waals surface area (Å²) in [5.41, 5.74) is -4.44. The highest BCUT2D eigenvalue weighted by molar-refractivity contribution is 7.41. The number of carbonyl (C=O) groups is 3. The maximum Gasteiger partial charge on any atom is 0.407 e. The van der Waals surface area contributed by atoms with Crippen LogP contribution in [0.25, 0.3) is 0 Å². The van der Waals surface area contributed by atoms with Crippen molar-refractivity contribution in [1.29, 1.82) is 0 Å². The van der Waals surface area contributed by atoms with Gasteiger partial charge in [-0.2, -0.15) is 0 Å². The monoisotopic (exact) mass is 765 g/mol. The Hall–Kier alpha value is -5.10. The number of rotatable bonds is 15. The zero-order valence-corrected chi connectivity index (χ0v) is 30.4. The lowest BCUT2D eigenvalue weighted by molar-refractivity contribution is -0.150. The number of para-hydroxylation sites is 2. The Balaban J connectivity index is 1.51. The number of nitrogens with zero attached hydrogens (tertiary/aromatic N) is 4. The van der Waals surface area contributed by atoms with Gasteiger partial charge in [0.2, 0.25) is 0 Å². The first-order valence-electron chi connectivity index (χ1n) is 16.3. The van der Waals surface area contributed by atoms with Gasteiger partial charge in [-0.05, 0) is 52.0 Å². The van der Waals surface area contributed by atoms with E-state index >= 15 is 4.39 Å². The van der Waals surface area contributed by atoms with Gasteiger partial charge in [0, 0.05) is 30.6 Å². The van der Waals surface area contributed by atoms with Crippen molar-refractivity contribution in [3.05, 3.63) is 87.5 Å². The number of phenols is 1. The first-order chi connectivity index (χ1) is 25.1. The molecule has 4 rings (SSSR count). The number of hydrogen-bond acceptors (Lipinski definition) is 14. The summed E-state index contributed by atoms with van der Waals surface area (Å²) >= 11 is 0. The second kappa shape index (κ2) is 17.6. The van der Waals surface area contributed by atoms with Crippen LogP contribution in [0.2, 0.25) is 0 Å². The highest BCUT2D eigenvalue weighted by Crippen LogP contribution is 2.44. The molecule has 0 saturated carbocycles. The average Bonchev–Trinajstić information content (AvgIpc) is 3.34. The normalized spacial score (nSPS) is 21.3. The van der Waals surface area contributed by atoms with Crippen LogP contribution in [0.5, 0.6) is 5.75 Å². The van der Waals surface area contributed by atoms with Crippen LogP contribution in [-0.4, -0.2) is 92.1 Å². The number of benzene rings is 1. The molecule has 3 heterocycles. The molecule has 1 fully saturated rings. The van der Waals surface area contributed by atoms with E-state index in [1.807, 2.05) is 0 Å². The number of methoxy groups -OCH3 is 1. The minimum absolute atomic E-state index is 0.0238. The number of hydrogen-bond donors (Lipinski definition) is 3. The van der Waals surface area contributed by atoms with Gasteiger partial charge in [0.1, 0.15) is 30.0 Å². The summed E-state index contributed by atoms with van der Waals surface area (Å²) in [6.07, 6.45) is -4.57. The number of aliphatic hydroxyl groups excluding tert-OH is 1. The largest absolute Gasteiger partial charge is 0.506 e. The Labute approximate surface area is 302 Å². The molecule has 3 N–H and O–H groups in total. The van der Waals surface area contributed by atoms with E-state index in [1.54, 1.807) is 32.0 Å². The Morgan fingerprint density at radius 1 is 1.11 bits per heavy atom. The second-order valence-electron chi connectivity index (χ2n) is 12.3. The molecule has 0 radical (unpaired) electrons. The fourth-order valence-corrected chi connectivity index (χ4v) is 6.58. The van der Waals surface area contributed by atoms with Crippen LogP contribution in [0.15, 0.2) is 70.5 Å². The molecule has 0 bridgehead atoms. The molecule has 1 aliphatic heterocycles. The van der Waals surface area contributed by atoms with E-state index in [0.717, 1.165) is 31.0 Å². The maximum atomic E-state index is 16.2. The Kier molecular flexibility index (Phi) is 13.5. The molecule has 1 unspecified atom stereocenters. The average molecular weight is 766 g/mol. The first-order valence-corrected chi connectivity index (χ1v) is 17.5. The number of anilines is 1. The molecule has 1 amide bonds. The van der Waals surface area contributed by atoms with Gasteiger partial charge >= 0.3 is 23.7 Å². The molecule has 1 aromatic carbocycles. The Morgan fingerprint density at radius 3 is 2.45 bits per heavy atom. The van der Waals surface area contributed by atoms with Crippen molar-refractivity contribution in [1.82, 2.24) is 19.4 Å². The number of amides is 1. The van der Waals surface area contributed by atoms with E-state index in [9.17, 15) is 38.8 Å². The summed E-state index contributed by atoms with van der Waals surface area (Å²) in [6.45, 7) is 3.90. The van der Waals surface area contributed by atoms with Crippen molar-refractivity contribution in [3.63, 3.8) is 0 Å². The fourth-order valence-electron chi connectivity index (χ4n) is 5.32. The standard InChI is InChI=1S/C33H41FN5O13P/c1-19(2)51-28(43)20(3)39(23-11-6-7-12-24(23)40)53(47)50-17-25-27(42)33(4,34)30(52-25)37-15-13-26(41)38(32(37)46)18-49-29(44)22(36-31(45)48-5)16-21-10-8-9-14-35-21/h6-15,19-20,22,25,27,30,40,42,53H,16-18H2,1-5H3,(H,36,45)/t20-,22-,25+,27+,30+,33+/m0/s1. The number of pyridine rings is 1. The molecular formula is C33H41FN5O13P. The van der Waals surface area contributed by atoms with Gasteiger partial charge in [-0.1, -0.05) is 18.2 Å². The number of esters is 2. The van der Waals surface area contributed by atoms with Crippen LogP contribution in [0.3, 0.4) is 0 Å². The van der Waals surface area contributed by atoms with Crippen molar-refractivity contribution in [3.8, 4) is 5.75 Å². The molecule has 1 aliphatic rings. The molecule has 53 heavy (non-hydrogen) atoms. The maximum absolute atomic E-state index is 16.2. The van der Waals surface area contributed by atoms with E-state index < -0.39 is 93.1 Å². The SMILES string of the molecule is COC(=O)N[C@@H](Cc1ccccn1)C(=O)OCn1c(=O)ccn([C@@H]2O[C@H](CO[PH](=O)N(c3ccccc3O)[C@@H](C)C(=O)OC(C)C)[C@@H](O)[C@@]2(C)F)c1=O. The molecule has 20 heteroatoms. The van der Waals surface area contributed by atoms with E-state index in [4.69, 9.17) is 18.7 Å². The lowest BCUT2D eigenvalue weighted by Crippen LogP contribution is -2.48. The number of halogens is 1. The molecule has 1 saturated heterocycles. The van der Waals surface area contributed by atoms with E-state index in [2.05, 4.69) is 15.0 Å². The second-order valence-corrected chi connectivity index (χ2v) is 13.6. The van der Waals surface area contributed by atoms with Crippen molar-refractivity contribution in [2.45, 2.75) is 83.1 Å². The van der Waals surface area contributed by atoms with Crippen LogP contribution in [0, 0.1) is 0 Å². The van der Waals surface area contributed by atoms with E-state index in [-0.39, 0.29) is 17.9 Å². The number of carbonyl (C=O) groups excluding carboxylic acids is 3. The minimum Gasteiger partial charge on any atom is -0.506 e. The van der Waals surface area contributed by atoms with Gasteiger partial charge in [0.15, 0.2) is 18.6 Å². The summed E-state index contributed by atoms with van der Waals surface area (Å²) in [4.78, 5) is 68.0. The number of aromatic nitrogens is 3. The number of ether oxygens (including phenoxy) is 4. The zero-order valence-electron chi connectivity index (χ0n) is 29.4. The van der Waals surface area contributed by atoms with Crippen molar-refractivity contribution in [2.75, 3.05) is 18.4 Å². The van der Waals surface area contributed by atoms with Gasteiger partial charge in [-0.3, -0.25) is 23.6 Å². The van der Waals surface area contributed by atoms with Gasteiger partial charge in [0.05, 0.1) is 25.5 Å². The fraction of sp³-hybridized carbons (Fsp3) is 0.455. The van der Waals surface area contributed by atoms with Crippen molar-refractivity contribution < 1.29 is 57.0 Å². The van der Waals surface area contributed by atoms with Crippen LogP contribution >= 0.6 is 8.18 Å². The summed E-state index contributed by atoms with van der Waals surface area (Å²) < 4.78 is 58.1. The molecule has 0 aliphatic carbocycles. The molecule has 2 aromatic heterocycles. The zero-order chi connectivity index (χ0) is 39.0. The third kappa shape index (κ3) is 9.67. The van der Waals surface area contributed by atoms with Crippen LogP contribution < -0.4 is 21.2 Å². The Bertz CT molecular complexity index is 1910. The van der Waals surface area contributed by atoms with E-state index in [0.29, 0.717) is 14.8 Å². The number of aliphatic hydroxyl groups is 1. The minimum atomic E-state index is -3.47. The van der Waals surface area contributed by atoms with Gasteiger partial charge in [-0.25, -0.2) is 28.1 Å². The number of aromatic hydroxyl groups is 1. The van der Waals surface area contributed by atoms with Crippen molar-refractivity contribution >= 4 is 31.9 Å². The number of phenolic OH excluding ortho intramolecular Hbond substituents is 1. The van der Waals surface area contributed by atoms with Gasteiger partial charge < -0.3 is 39.0 Å². The third-order valence-corrected chi connectivity index (χ3v) is 9.53. The van der Waals surface area contributed by atoms with Crippen LogP contribution in [0.4, 0.5) is 14.9 Å². The smallest absolute Gasteiger partial charge is 0.407 e. The summed E-state index contributed by atoms with van der Waals surface area (Å²) in [5, 5.41) is 23.7. The quantitative estimate of drug-likeness (QED) is 0.114. The molecule has 0 spiro atoms. The first kappa shape index (κ1) is 40.7. The summed E-state index contributed by atoms with van der Waals surface area (Å²) in [7, 11) is -2.39. The third-order valence-electron chi connectivity index (χ3n) is 8.09. The molecular weight excluding hydrogens is 724 g/mol.